The summed E-state index contributed by atoms with van der Waals surface area (Å²) in [6.07, 6.45) is 1.83. The average Bonchev–Trinajstić information content (AvgIpc) is 3.22. The number of nitrogens with one attached hydrogen (secondary N) is 2. The van der Waals surface area contributed by atoms with Gasteiger partial charge in [0.2, 0.25) is 0 Å². The molecular weight excluding hydrogens is 392 g/mol. The SMILES string of the molecule is Cc1cccc(CN2NNN=C2c2cnn(-c3ccccc3C)c2Br)c1. The predicted molar refractivity (Wildman–Crippen MR) is 106 cm³/mol. The minimum atomic E-state index is 0.690. The summed E-state index contributed by atoms with van der Waals surface area (Å²) in [4.78, 5) is 0. The van der Waals surface area contributed by atoms with Crippen LogP contribution in [0.15, 0.2) is 64.4 Å². The molecule has 0 spiro atoms. The number of aryl methyl sites for hydroxylation is 2. The van der Waals surface area contributed by atoms with Crippen molar-refractivity contribution in [1.29, 1.82) is 0 Å². The Kier molecular flexibility index (Phi) is 4.48. The summed E-state index contributed by atoms with van der Waals surface area (Å²) >= 11 is 3.69. The predicted octanol–water partition coefficient (Wildman–Crippen LogP) is 3.44. The van der Waals surface area contributed by atoms with Gasteiger partial charge in [-0.2, -0.15) is 5.10 Å². The molecule has 6 nitrogen and oxygen atoms in total. The molecule has 26 heavy (non-hydrogen) atoms. The molecule has 1 aromatic heterocycles. The van der Waals surface area contributed by atoms with Crippen LogP contribution in [-0.4, -0.2) is 20.6 Å². The van der Waals surface area contributed by atoms with Gasteiger partial charge in [0.25, 0.3) is 0 Å². The van der Waals surface area contributed by atoms with Crippen LogP contribution in [0.5, 0.6) is 0 Å². The van der Waals surface area contributed by atoms with Crippen molar-refractivity contribution >= 4 is 21.8 Å². The molecule has 0 atom stereocenters. The van der Waals surface area contributed by atoms with Gasteiger partial charge in [0.15, 0.2) is 5.84 Å². The topological polar surface area (TPSA) is 57.5 Å². The quantitative estimate of drug-likeness (QED) is 0.691. The number of hydrazine groups is 2. The van der Waals surface area contributed by atoms with Gasteiger partial charge in [-0.25, -0.2) is 10.2 Å². The number of hydrogen-bond acceptors (Lipinski definition) is 5. The van der Waals surface area contributed by atoms with Gasteiger partial charge in [-0.15, -0.1) is 10.6 Å². The maximum Gasteiger partial charge on any atom is 0.177 e. The summed E-state index contributed by atoms with van der Waals surface area (Å²) in [5, 5.41) is 10.9. The molecule has 2 heterocycles. The first-order valence-corrected chi connectivity index (χ1v) is 9.14. The molecule has 0 unspecified atom stereocenters. The van der Waals surface area contributed by atoms with E-state index in [0.717, 1.165) is 27.3 Å². The number of nitrogens with zero attached hydrogens (tertiary/aromatic N) is 4. The van der Waals surface area contributed by atoms with Gasteiger partial charge in [0.05, 0.1) is 24.0 Å². The molecule has 2 aromatic carbocycles. The maximum absolute atomic E-state index is 4.55. The van der Waals surface area contributed by atoms with Crippen LogP contribution in [0.3, 0.4) is 0 Å². The minimum absolute atomic E-state index is 0.690. The number of benzene rings is 2. The van der Waals surface area contributed by atoms with Crippen LogP contribution in [0.1, 0.15) is 22.3 Å². The van der Waals surface area contributed by atoms with Gasteiger partial charge in [-0.3, -0.25) is 5.01 Å². The van der Waals surface area contributed by atoms with E-state index in [9.17, 15) is 0 Å². The average molecular weight is 411 g/mol. The van der Waals surface area contributed by atoms with E-state index in [2.05, 4.69) is 81.4 Å². The maximum atomic E-state index is 4.55. The molecule has 0 saturated heterocycles. The lowest BCUT2D eigenvalue weighted by Crippen LogP contribution is -2.40. The van der Waals surface area contributed by atoms with Crippen LogP contribution >= 0.6 is 15.9 Å². The highest BCUT2D eigenvalue weighted by Crippen LogP contribution is 2.25. The summed E-state index contributed by atoms with van der Waals surface area (Å²) in [7, 11) is 0. The third-order valence-electron chi connectivity index (χ3n) is 4.32. The molecule has 0 amide bonds. The van der Waals surface area contributed by atoms with Crippen molar-refractivity contribution in [3.63, 3.8) is 0 Å². The summed E-state index contributed by atoms with van der Waals surface area (Å²) < 4.78 is 2.75. The normalized spacial score (nSPS) is 13.7. The second kappa shape index (κ2) is 6.93. The van der Waals surface area contributed by atoms with E-state index in [1.54, 1.807) is 0 Å². The van der Waals surface area contributed by atoms with Crippen molar-refractivity contribution in [2.24, 2.45) is 5.10 Å². The number of hydrogen-bond donors (Lipinski definition) is 2. The second-order valence-electron chi connectivity index (χ2n) is 6.28. The molecule has 7 heteroatoms. The van der Waals surface area contributed by atoms with Crippen molar-refractivity contribution in [2.75, 3.05) is 0 Å². The Morgan fingerprint density at radius 1 is 1.08 bits per heavy atom. The van der Waals surface area contributed by atoms with E-state index in [4.69, 9.17) is 0 Å². The van der Waals surface area contributed by atoms with Crippen LogP contribution in [0.2, 0.25) is 0 Å². The van der Waals surface area contributed by atoms with Crippen molar-refractivity contribution in [3.05, 3.63) is 81.6 Å². The largest absolute Gasteiger partial charge is 0.266 e. The van der Waals surface area contributed by atoms with Crippen LogP contribution in [0, 0.1) is 13.8 Å². The Morgan fingerprint density at radius 2 is 1.92 bits per heavy atom. The molecule has 3 aromatic rings. The van der Waals surface area contributed by atoms with E-state index < -0.39 is 0 Å². The molecule has 4 rings (SSSR count). The molecule has 1 aliphatic heterocycles. The molecule has 1 aliphatic rings. The Balaban J connectivity index is 1.64. The van der Waals surface area contributed by atoms with E-state index in [1.165, 1.54) is 11.1 Å². The molecule has 132 valence electrons. The Labute approximate surface area is 160 Å². The number of para-hydroxylation sites is 1. The van der Waals surface area contributed by atoms with Crippen molar-refractivity contribution < 1.29 is 0 Å². The number of aromatic nitrogens is 2. The molecule has 0 radical (unpaired) electrons. The first-order chi connectivity index (χ1) is 12.6. The zero-order valence-corrected chi connectivity index (χ0v) is 16.2. The second-order valence-corrected chi connectivity index (χ2v) is 7.03. The molecule has 0 saturated carbocycles. The Bertz CT molecular complexity index is 978. The molecular formula is C19H19BrN6. The third kappa shape index (κ3) is 3.11. The zero-order valence-electron chi connectivity index (χ0n) is 14.6. The van der Waals surface area contributed by atoms with Crippen LogP contribution in [0.4, 0.5) is 0 Å². The lowest BCUT2D eigenvalue weighted by Gasteiger charge is -2.19. The first-order valence-electron chi connectivity index (χ1n) is 8.35. The number of amidine groups is 1. The van der Waals surface area contributed by atoms with E-state index in [-0.39, 0.29) is 0 Å². The molecule has 2 N–H and O–H groups in total. The highest BCUT2D eigenvalue weighted by atomic mass is 79.9. The fourth-order valence-corrected chi connectivity index (χ4v) is 3.58. The van der Waals surface area contributed by atoms with Crippen LogP contribution in [-0.2, 0) is 6.54 Å². The van der Waals surface area contributed by atoms with Crippen molar-refractivity contribution in [2.45, 2.75) is 20.4 Å². The lowest BCUT2D eigenvalue weighted by molar-refractivity contribution is 0.288. The van der Waals surface area contributed by atoms with E-state index in [0.29, 0.717) is 6.54 Å². The van der Waals surface area contributed by atoms with Gasteiger partial charge in [-0.1, -0.05) is 48.0 Å². The number of rotatable bonds is 4. The third-order valence-corrected chi connectivity index (χ3v) is 5.08. The van der Waals surface area contributed by atoms with Gasteiger partial charge in [0.1, 0.15) is 4.60 Å². The van der Waals surface area contributed by atoms with Crippen LogP contribution < -0.4 is 11.1 Å². The van der Waals surface area contributed by atoms with E-state index in [1.807, 2.05) is 34.1 Å². The monoisotopic (exact) mass is 410 g/mol. The number of hydrazone groups is 1. The van der Waals surface area contributed by atoms with Crippen molar-refractivity contribution in [3.8, 4) is 5.69 Å². The highest BCUT2D eigenvalue weighted by molar-refractivity contribution is 9.10. The van der Waals surface area contributed by atoms with Gasteiger partial charge >= 0.3 is 0 Å². The molecule has 0 bridgehead atoms. The Hall–Kier alpha value is -2.64. The van der Waals surface area contributed by atoms with Gasteiger partial charge < -0.3 is 0 Å². The highest BCUT2D eigenvalue weighted by Gasteiger charge is 2.24. The summed E-state index contributed by atoms with van der Waals surface area (Å²) in [6, 6.07) is 16.6. The zero-order chi connectivity index (χ0) is 18.1. The summed E-state index contributed by atoms with van der Waals surface area (Å²) in [6.45, 7) is 4.86. The smallest absolute Gasteiger partial charge is 0.177 e. The van der Waals surface area contributed by atoms with Crippen LogP contribution in [0.25, 0.3) is 5.69 Å². The summed E-state index contributed by atoms with van der Waals surface area (Å²) in [5.74, 6) is 0.790. The number of halogens is 1. The van der Waals surface area contributed by atoms with Crippen molar-refractivity contribution in [1.82, 2.24) is 25.9 Å². The fraction of sp³-hybridized carbons (Fsp3) is 0.158. The molecule has 0 fully saturated rings. The van der Waals surface area contributed by atoms with Gasteiger partial charge in [-0.05, 0) is 47.0 Å². The van der Waals surface area contributed by atoms with E-state index >= 15 is 0 Å². The lowest BCUT2D eigenvalue weighted by atomic mass is 10.1. The fourth-order valence-electron chi connectivity index (χ4n) is 3.02. The van der Waals surface area contributed by atoms with Gasteiger partial charge in [0, 0.05) is 0 Å². The standard InChI is InChI=1S/C19H19BrN6/c1-13-6-5-8-15(10-13)12-25-19(22-23-24-25)16-11-21-26(18(16)20)17-9-4-3-7-14(17)2/h3-11,23-24H,12H2,1-2H3. The Morgan fingerprint density at radius 3 is 2.73 bits per heavy atom. The molecule has 0 aliphatic carbocycles. The first kappa shape index (κ1) is 16.8. The summed E-state index contributed by atoms with van der Waals surface area (Å²) in [5.41, 5.74) is 11.5. The minimum Gasteiger partial charge on any atom is -0.266 e.